The largest absolute Gasteiger partial charge is 0.345 e. The highest BCUT2D eigenvalue weighted by molar-refractivity contribution is 5.95. The fourth-order valence-corrected chi connectivity index (χ4v) is 3.00. The lowest BCUT2D eigenvalue weighted by Gasteiger charge is -2.39. The van der Waals surface area contributed by atoms with Crippen molar-refractivity contribution in [2.24, 2.45) is 0 Å². The first-order valence-corrected chi connectivity index (χ1v) is 7.95. The summed E-state index contributed by atoms with van der Waals surface area (Å²) in [6, 6.07) is 7.44. The Hall–Kier alpha value is -2.70. The van der Waals surface area contributed by atoms with Crippen LogP contribution < -0.4 is 5.32 Å². The van der Waals surface area contributed by atoms with Crippen LogP contribution in [-0.2, 0) is 11.2 Å². The average molecular weight is 327 g/mol. The number of nitrogens with zero attached hydrogens (tertiary/aromatic N) is 3. The van der Waals surface area contributed by atoms with Crippen LogP contribution in [-0.4, -0.2) is 51.0 Å². The predicted molar refractivity (Wildman–Crippen MR) is 88.4 cm³/mol. The van der Waals surface area contributed by atoms with Gasteiger partial charge in [0.15, 0.2) is 0 Å². The number of aromatic nitrogens is 3. The van der Waals surface area contributed by atoms with Crippen LogP contribution in [0.15, 0.2) is 30.6 Å². The van der Waals surface area contributed by atoms with Gasteiger partial charge in [0, 0.05) is 32.0 Å². The van der Waals surface area contributed by atoms with Gasteiger partial charge in [-0.3, -0.25) is 14.7 Å². The van der Waals surface area contributed by atoms with Crippen molar-refractivity contribution in [1.29, 1.82) is 0 Å². The van der Waals surface area contributed by atoms with Gasteiger partial charge in [-0.25, -0.2) is 4.98 Å². The van der Waals surface area contributed by atoms with Crippen LogP contribution in [0.4, 0.5) is 0 Å². The number of likely N-dealkylation sites (N-methyl/N-ethyl adjacent to an activating group) is 1. The lowest BCUT2D eigenvalue weighted by Crippen LogP contribution is -2.57. The van der Waals surface area contributed by atoms with Crippen molar-refractivity contribution in [2.75, 3.05) is 13.6 Å². The number of carbonyl (C=O) groups is 2. The first-order valence-electron chi connectivity index (χ1n) is 7.95. The van der Waals surface area contributed by atoms with Gasteiger partial charge in [-0.2, -0.15) is 5.10 Å². The van der Waals surface area contributed by atoms with Crippen molar-refractivity contribution in [3.63, 3.8) is 0 Å². The van der Waals surface area contributed by atoms with Crippen molar-refractivity contribution in [3.8, 4) is 0 Å². The maximum atomic E-state index is 12.5. The van der Waals surface area contributed by atoms with E-state index in [1.807, 2.05) is 31.2 Å². The minimum absolute atomic E-state index is 0.119. The molecule has 126 valence electrons. The molecule has 3 rings (SSSR count). The number of likely N-dealkylation sites (tertiary alicyclic amines) is 1. The molecule has 0 spiro atoms. The van der Waals surface area contributed by atoms with Gasteiger partial charge in [0.25, 0.3) is 5.91 Å². The number of hydrogen-bond donors (Lipinski definition) is 2. The second kappa shape index (κ2) is 6.43. The molecule has 2 aromatic rings. The van der Waals surface area contributed by atoms with Gasteiger partial charge in [-0.05, 0) is 31.0 Å². The SMILES string of the molecule is CN1CC(C)(NC(=O)c2ccc(Cc3ncn[nH]3)cc2)CCC1=O. The molecule has 1 fully saturated rings. The van der Waals surface area contributed by atoms with Gasteiger partial charge in [-0.15, -0.1) is 0 Å². The van der Waals surface area contributed by atoms with Crippen molar-refractivity contribution in [3.05, 3.63) is 47.5 Å². The summed E-state index contributed by atoms with van der Waals surface area (Å²) in [6.07, 6.45) is 3.24. The fraction of sp³-hybridized carbons (Fsp3) is 0.412. The molecule has 0 bridgehead atoms. The third-order valence-corrected chi connectivity index (χ3v) is 4.37. The molecule has 1 aromatic carbocycles. The summed E-state index contributed by atoms with van der Waals surface area (Å²) < 4.78 is 0. The van der Waals surface area contributed by atoms with Crippen LogP contribution in [0, 0.1) is 0 Å². The molecule has 1 atom stereocenters. The second-order valence-corrected chi connectivity index (χ2v) is 6.57. The molecule has 1 aliphatic heterocycles. The minimum Gasteiger partial charge on any atom is -0.345 e. The number of benzene rings is 1. The summed E-state index contributed by atoms with van der Waals surface area (Å²) in [7, 11) is 1.77. The lowest BCUT2D eigenvalue weighted by molar-refractivity contribution is -0.133. The highest BCUT2D eigenvalue weighted by Crippen LogP contribution is 2.21. The predicted octanol–water partition coefficient (Wildman–Crippen LogP) is 1.14. The van der Waals surface area contributed by atoms with E-state index in [1.165, 1.54) is 6.33 Å². The average Bonchev–Trinajstić information content (AvgIpc) is 3.05. The molecule has 0 aliphatic carbocycles. The normalized spacial score (nSPS) is 20.9. The van der Waals surface area contributed by atoms with E-state index in [0.29, 0.717) is 31.4 Å². The Bertz CT molecular complexity index is 726. The summed E-state index contributed by atoms with van der Waals surface area (Å²) in [6.45, 7) is 2.51. The molecular weight excluding hydrogens is 306 g/mol. The number of H-pyrrole nitrogens is 1. The lowest BCUT2D eigenvalue weighted by atomic mass is 9.90. The first-order chi connectivity index (χ1) is 11.5. The molecule has 1 aromatic heterocycles. The zero-order valence-electron chi connectivity index (χ0n) is 13.9. The molecule has 7 nitrogen and oxygen atoms in total. The zero-order valence-corrected chi connectivity index (χ0v) is 13.9. The number of hydrogen-bond acceptors (Lipinski definition) is 4. The van der Waals surface area contributed by atoms with Crippen molar-refractivity contribution < 1.29 is 9.59 Å². The third kappa shape index (κ3) is 3.61. The molecular formula is C17H21N5O2. The Kier molecular flexibility index (Phi) is 4.33. The van der Waals surface area contributed by atoms with E-state index in [1.54, 1.807) is 11.9 Å². The number of aromatic amines is 1. The summed E-state index contributed by atoms with van der Waals surface area (Å²) in [5.41, 5.74) is 1.27. The molecule has 7 heteroatoms. The van der Waals surface area contributed by atoms with Crippen LogP contribution in [0.3, 0.4) is 0 Å². The van der Waals surface area contributed by atoms with Crippen molar-refractivity contribution in [2.45, 2.75) is 31.7 Å². The Morgan fingerprint density at radius 1 is 1.38 bits per heavy atom. The Morgan fingerprint density at radius 3 is 2.75 bits per heavy atom. The standard InChI is InChI=1S/C17H21N5O2/c1-17(8-7-15(23)22(2)10-17)20-16(24)13-5-3-12(4-6-13)9-14-18-11-19-21-14/h3-6,11H,7-10H2,1-2H3,(H,20,24)(H,18,19,21). The molecule has 24 heavy (non-hydrogen) atoms. The molecule has 1 unspecified atom stereocenters. The highest BCUT2D eigenvalue weighted by atomic mass is 16.2. The highest BCUT2D eigenvalue weighted by Gasteiger charge is 2.34. The molecule has 2 amide bonds. The molecule has 2 N–H and O–H groups in total. The topological polar surface area (TPSA) is 91.0 Å². The van der Waals surface area contributed by atoms with Crippen LogP contribution in [0.25, 0.3) is 0 Å². The smallest absolute Gasteiger partial charge is 0.251 e. The summed E-state index contributed by atoms with van der Waals surface area (Å²) >= 11 is 0. The molecule has 2 heterocycles. The van der Waals surface area contributed by atoms with Crippen molar-refractivity contribution >= 4 is 11.8 Å². The van der Waals surface area contributed by atoms with Crippen LogP contribution >= 0.6 is 0 Å². The van der Waals surface area contributed by atoms with Gasteiger partial charge in [0.2, 0.25) is 5.91 Å². The molecule has 1 aliphatic rings. The van der Waals surface area contributed by atoms with E-state index in [4.69, 9.17) is 0 Å². The second-order valence-electron chi connectivity index (χ2n) is 6.57. The van der Waals surface area contributed by atoms with Crippen LogP contribution in [0.1, 0.15) is 41.5 Å². The van der Waals surface area contributed by atoms with Gasteiger partial charge in [0.1, 0.15) is 12.2 Å². The summed E-state index contributed by atoms with van der Waals surface area (Å²) in [4.78, 5) is 29.9. The van der Waals surface area contributed by atoms with Crippen LogP contribution in [0.5, 0.6) is 0 Å². The number of nitrogens with one attached hydrogen (secondary N) is 2. The van der Waals surface area contributed by atoms with Gasteiger partial charge in [0.05, 0.1) is 5.54 Å². The van der Waals surface area contributed by atoms with E-state index >= 15 is 0 Å². The summed E-state index contributed by atoms with van der Waals surface area (Å²) in [5.74, 6) is 0.791. The third-order valence-electron chi connectivity index (χ3n) is 4.37. The van der Waals surface area contributed by atoms with Crippen LogP contribution in [0.2, 0.25) is 0 Å². The van der Waals surface area contributed by atoms with Crippen molar-refractivity contribution in [1.82, 2.24) is 25.4 Å². The minimum atomic E-state index is -0.391. The maximum absolute atomic E-state index is 12.5. The van der Waals surface area contributed by atoms with E-state index in [-0.39, 0.29) is 11.8 Å². The number of amides is 2. The Balaban J connectivity index is 1.63. The first kappa shape index (κ1) is 16.2. The Labute approximate surface area is 140 Å². The van der Waals surface area contributed by atoms with Gasteiger partial charge < -0.3 is 10.2 Å². The molecule has 0 radical (unpaired) electrons. The van der Waals surface area contributed by atoms with Gasteiger partial charge in [-0.1, -0.05) is 12.1 Å². The molecule has 0 saturated carbocycles. The Morgan fingerprint density at radius 2 is 2.12 bits per heavy atom. The van der Waals surface area contributed by atoms with E-state index in [2.05, 4.69) is 20.5 Å². The molecule has 1 saturated heterocycles. The maximum Gasteiger partial charge on any atom is 0.251 e. The van der Waals surface area contributed by atoms with Gasteiger partial charge >= 0.3 is 0 Å². The zero-order chi connectivity index (χ0) is 17.2. The van der Waals surface area contributed by atoms with E-state index < -0.39 is 5.54 Å². The quantitative estimate of drug-likeness (QED) is 0.881. The number of rotatable bonds is 4. The fourth-order valence-electron chi connectivity index (χ4n) is 3.00. The summed E-state index contributed by atoms with van der Waals surface area (Å²) in [5, 5.41) is 9.70. The number of carbonyl (C=O) groups excluding carboxylic acids is 2. The van der Waals surface area contributed by atoms with E-state index in [0.717, 1.165) is 11.4 Å². The van der Waals surface area contributed by atoms with E-state index in [9.17, 15) is 9.59 Å². The monoisotopic (exact) mass is 327 g/mol. The number of piperidine rings is 1.